The first kappa shape index (κ1) is 10.4. The van der Waals surface area contributed by atoms with Crippen molar-refractivity contribution in [3.63, 3.8) is 0 Å². The smallest absolute Gasteiger partial charge is 0.0922 e. The molecule has 78 valence electrons. The van der Waals surface area contributed by atoms with E-state index in [-0.39, 0.29) is 6.10 Å². The largest absolute Gasteiger partial charge is 0.387 e. The van der Waals surface area contributed by atoms with Gasteiger partial charge in [0.25, 0.3) is 0 Å². The Kier molecular flexibility index (Phi) is 3.19. The predicted molar refractivity (Wildman–Crippen MR) is 64.2 cm³/mol. The van der Waals surface area contributed by atoms with Gasteiger partial charge in [-0.25, -0.2) is 0 Å². The molecule has 0 spiro atoms. The van der Waals surface area contributed by atoms with Crippen molar-refractivity contribution >= 4 is 11.3 Å². The molecule has 15 heavy (non-hydrogen) atoms. The molecule has 0 bridgehead atoms. The van der Waals surface area contributed by atoms with Crippen molar-refractivity contribution < 1.29 is 5.11 Å². The summed E-state index contributed by atoms with van der Waals surface area (Å²) in [5.41, 5.74) is 2.46. The molecule has 0 fully saturated rings. The van der Waals surface area contributed by atoms with Crippen LogP contribution in [0.4, 0.5) is 0 Å². The first-order chi connectivity index (χ1) is 7.27. The Bertz CT molecular complexity index is 420. The summed E-state index contributed by atoms with van der Waals surface area (Å²) >= 11 is 1.61. The normalized spacial score (nSPS) is 12.7. The molecule has 1 N–H and O–H groups in total. The number of aliphatic hydroxyl groups excluding tert-OH is 1. The van der Waals surface area contributed by atoms with Crippen LogP contribution >= 0.6 is 11.3 Å². The maximum Gasteiger partial charge on any atom is 0.0922 e. The van der Waals surface area contributed by atoms with E-state index in [2.05, 4.69) is 19.1 Å². The molecule has 2 rings (SSSR count). The second kappa shape index (κ2) is 4.60. The summed E-state index contributed by atoms with van der Waals surface area (Å²) in [4.78, 5) is 1.04. The van der Waals surface area contributed by atoms with E-state index in [0.717, 1.165) is 4.88 Å². The topological polar surface area (TPSA) is 20.2 Å². The number of rotatable bonds is 3. The van der Waals surface area contributed by atoms with E-state index < -0.39 is 0 Å². The molecule has 1 unspecified atom stereocenters. The van der Waals surface area contributed by atoms with Crippen LogP contribution in [0.1, 0.15) is 22.1 Å². The van der Waals surface area contributed by atoms with Gasteiger partial charge in [-0.2, -0.15) is 0 Å². The minimum absolute atomic E-state index is 0.369. The molecule has 0 saturated carbocycles. The summed E-state index contributed by atoms with van der Waals surface area (Å²) in [6.07, 6.45) is 0.332. The van der Waals surface area contributed by atoms with Crippen LogP contribution in [0.15, 0.2) is 41.8 Å². The third kappa shape index (κ3) is 2.46. The highest BCUT2D eigenvalue weighted by atomic mass is 32.1. The Balaban J connectivity index is 2.13. The maximum atomic E-state index is 10.00. The summed E-state index contributed by atoms with van der Waals surface area (Å²) in [5, 5.41) is 12.0. The van der Waals surface area contributed by atoms with Crippen molar-refractivity contribution in [1.29, 1.82) is 0 Å². The summed E-state index contributed by atoms with van der Waals surface area (Å²) in [6.45, 7) is 2.08. The second-order valence-electron chi connectivity index (χ2n) is 3.66. The minimum atomic E-state index is -0.369. The summed E-state index contributed by atoms with van der Waals surface area (Å²) in [5.74, 6) is 0. The summed E-state index contributed by atoms with van der Waals surface area (Å²) in [6, 6.07) is 12.1. The van der Waals surface area contributed by atoms with Crippen LogP contribution in [0.2, 0.25) is 0 Å². The van der Waals surface area contributed by atoms with Crippen LogP contribution in [0.25, 0.3) is 0 Å². The highest BCUT2D eigenvalue weighted by Crippen LogP contribution is 2.23. The molecule has 1 nitrogen and oxygen atoms in total. The molecule has 2 heteroatoms. The predicted octanol–water partition coefficient (Wildman–Crippen LogP) is 3.33. The number of hydrogen-bond acceptors (Lipinski definition) is 2. The van der Waals surface area contributed by atoms with Crippen molar-refractivity contribution in [2.24, 2.45) is 0 Å². The lowest BCUT2D eigenvalue weighted by Crippen LogP contribution is -2.00. The molecule has 0 aliphatic heterocycles. The first-order valence-electron chi connectivity index (χ1n) is 5.03. The maximum absolute atomic E-state index is 10.00. The van der Waals surface area contributed by atoms with Gasteiger partial charge < -0.3 is 5.11 Å². The lowest BCUT2D eigenvalue weighted by molar-refractivity contribution is 0.182. The van der Waals surface area contributed by atoms with E-state index in [1.807, 2.05) is 29.6 Å². The Morgan fingerprint density at radius 2 is 2.00 bits per heavy atom. The van der Waals surface area contributed by atoms with Gasteiger partial charge in [-0.1, -0.05) is 30.3 Å². The molecular formula is C13H14OS. The van der Waals surface area contributed by atoms with Gasteiger partial charge in [0.2, 0.25) is 0 Å². The molecule has 0 radical (unpaired) electrons. The Labute approximate surface area is 94.0 Å². The van der Waals surface area contributed by atoms with Gasteiger partial charge in [0.1, 0.15) is 0 Å². The number of hydrogen-bond donors (Lipinski definition) is 1. The fourth-order valence-corrected chi connectivity index (χ4v) is 2.34. The van der Waals surface area contributed by atoms with E-state index in [1.54, 1.807) is 11.3 Å². The van der Waals surface area contributed by atoms with Crippen LogP contribution in [0.3, 0.4) is 0 Å². The van der Waals surface area contributed by atoms with E-state index in [4.69, 9.17) is 0 Å². The second-order valence-corrected chi connectivity index (χ2v) is 4.64. The molecule has 0 aliphatic rings. The quantitative estimate of drug-likeness (QED) is 0.837. The van der Waals surface area contributed by atoms with Crippen LogP contribution in [0.5, 0.6) is 0 Å². The molecule has 0 saturated heterocycles. The Morgan fingerprint density at radius 3 is 2.67 bits per heavy atom. The fraction of sp³-hybridized carbons (Fsp3) is 0.231. The van der Waals surface area contributed by atoms with Gasteiger partial charge in [-0.3, -0.25) is 0 Å². The first-order valence-corrected chi connectivity index (χ1v) is 5.91. The third-order valence-electron chi connectivity index (χ3n) is 2.55. The lowest BCUT2D eigenvalue weighted by atomic mass is 10.0. The van der Waals surface area contributed by atoms with Gasteiger partial charge in [-0.05, 0) is 29.5 Å². The van der Waals surface area contributed by atoms with Crippen molar-refractivity contribution in [2.45, 2.75) is 19.4 Å². The van der Waals surface area contributed by atoms with E-state index in [1.165, 1.54) is 11.1 Å². The summed E-state index contributed by atoms with van der Waals surface area (Å²) in [7, 11) is 0. The molecule has 1 aromatic heterocycles. The zero-order chi connectivity index (χ0) is 10.7. The minimum Gasteiger partial charge on any atom is -0.387 e. The number of aliphatic hydroxyl groups is 1. The molecular weight excluding hydrogens is 204 g/mol. The van der Waals surface area contributed by atoms with Gasteiger partial charge in [-0.15, -0.1) is 11.3 Å². The van der Waals surface area contributed by atoms with Gasteiger partial charge >= 0.3 is 0 Å². The molecule has 2 aromatic rings. The van der Waals surface area contributed by atoms with Crippen molar-refractivity contribution in [3.05, 3.63) is 57.8 Å². The zero-order valence-corrected chi connectivity index (χ0v) is 9.50. The van der Waals surface area contributed by atoms with E-state index in [9.17, 15) is 5.11 Å². The van der Waals surface area contributed by atoms with Gasteiger partial charge in [0.15, 0.2) is 0 Å². The molecule has 1 aromatic carbocycles. The average Bonchev–Trinajstić information content (AvgIpc) is 2.74. The molecule has 0 aliphatic carbocycles. The number of aryl methyl sites for hydroxylation is 1. The van der Waals surface area contributed by atoms with E-state index >= 15 is 0 Å². The third-order valence-corrected chi connectivity index (χ3v) is 3.52. The lowest BCUT2D eigenvalue weighted by Gasteiger charge is -2.10. The SMILES string of the molecule is Cc1ccccc1CC(O)c1cccs1. The molecule has 1 atom stereocenters. The van der Waals surface area contributed by atoms with Gasteiger partial charge in [0.05, 0.1) is 6.10 Å². The number of thiophene rings is 1. The zero-order valence-electron chi connectivity index (χ0n) is 8.68. The Morgan fingerprint density at radius 1 is 1.20 bits per heavy atom. The van der Waals surface area contributed by atoms with Crippen molar-refractivity contribution in [3.8, 4) is 0 Å². The Hall–Kier alpha value is -1.12. The highest BCUT2D eigenvalue weighted by Gasteiger charge is 2.10. The molecule has 1 heterocycles. The van der Waals surface area contributed by atoms with Crippen molar-refractivity contribution in [1.82, 2.24) is 0 Å². The monoisotopic (exact) mass is 218 g/mol. The number of benzene rings is 1. The summed E-state index contributed by atoms with van der Waals surface area (Å²) < 4.78 is 0. The van der Waals surface area contributed by atoms with Crippen LogP contribution in [-0.4, -0.2) is 5.11 Å². The fourth-order valence-electron chi connectivity index (χ4n) is 1.63. The van der Waals surface area contributed by atoms with Crippen LogP contribution < -0.4 is 0 Å². The van der Waals surface area contributed by atoms with E-state index in [0.29, 0.717) is 6.42 Å². The van der Waals surface area contributed by atoms with Crippen LogP contribution in [-0.2, 0) is 6.42 Å². The van der Waals surface area contributed by atoms with Gasteiger partial charge in [0, 0.05) is 11.3 Å². The van der Waals surface area contributed by atoms with Crippen LogP contribution in [0, 0.1) is 6.92 Å². The van der Waals surface area contributed by atoms with Crippen molar-refractivity contribution in [2.75, 3.05) is 0 Å². The average molecular weight is 218 g/mol. The standard InChI is InChI=1S/C13H14OS/c1-10-5-2-3-6-11(10)9-12(14)13-7-4-8-15-13/h2-8,12,14H,9H2,1H3. The highest BCUT2D eigenvalue weighted by molar-refractivity contribution is 7.10. The molecule has 0 amide bonds.